The normalized spacial score (nSPS) is 28.6. The zero-order valence-corrected chi connectivity index (χ0v) is 11.4. The predicted molar refractivity (Wildman–Crippen MR) is 73.5 cm³/mol. The molecule has 1 aromatic rings. The van der Waals surface area contributed by atoms with E-state index < -0.39 is 5.60 Å². The lowest BCUT2D eigenvalue weighted by atomic mass is 9.82. The Morgan fingerprint density at radius 1 is 1.33 bits per heavy atom. The number of ether oxygens (including phenoxy) is 1. The molecule has 0 bridgehead atoms. The van der Waals surface area contributed by atoms with E-state index in [1.807, 2.05) is 6.07 Å². The van der Waals surface area contributed by atoms with Crippen molar-refractivity contribution in [3.05, 3.63) is 35.9 Å². The number of aliphatic hydroxyl groups is 1. The van der Waals surface area contributed by atoms with Crippen molar-refractivity contribution in [2.24, 2.45) is 5.92 Å². The molecule has 1 saturated heterocycles. The molecule has 1 aliphatic heterocycles. The van der Waals surface area contributed by atoms with Gasteiger partial charge < -0.3 is 9.84 Å². The van der Waals surface area contributed by atoms with Gasteiger partial charge in [-0.05, 0) is 30.7 Å². The minimum Gasteiger partial charge on any atom is -0.390 e. The Labute approximate surface area is 110 Å². The second-order valence-electron chi connectivity index (χ2n) is 5.82. The molecule has 2 nitrogen and oxygen atoms in total. The van der Waals surface area contributed by atoms with Crippen LogP contribution in [0.1, 0.15) is 38.7 Å². The van der Waals surface area contributed by atoms with Gasteiger partial charge in [-0.2, -0.15) is 0 Å². The first kappa shape index (κ1) is 13.6. The molecule has 100 valence electrons. The maximum Gasteiger partial charge on any atom is 0.0697 e. The smallest absolute Gasteiger partial charge is 0.0697 e. The van der Waals surface area contributed by atoms with Crippen LogP contribution in [0.4, 0.5) is 0 Å². The highest BCUT2D eigenvalue weighted by Crippen LogP contribution is 2.32. The molecule has 0 saturated carbocycles. The van der Waals surface area contributed by atoms with Crippen molar-refractivity contribution in [3.63, 3.8) is 0 Å². The monoisotopic (exact) mass is 248 g/mol. The van der Waals surface area contributed by atoms with E-state index in [1.54, 1.807) is 0 Å². The van der Waals surface area contributed by atoms with Crippen molar-refractivity contribution >= 4 is 0 Å². The molecule has 1 fully saturated rings. The molecule has 2 atom stereocenters. The Balaban J connectivity index is 1.91. The van der Waals surface area contributed by atoms with Crippen molar-refractivity contribution in [1.29, 1.82) is 0 Å². The van der Waals surface area contributed by atoms with E-state index in [1.165, 1.54) is 5.56 Å². The minimum atomic E-state index is -0.539. The molecule has 2 unspecified atom stereocenters. The summed E-state index contributed by atoms with van der Waals surface area (Å²) < 4.78 is 5.73. The summed E-state index contributed by atoms with van der Waals surface area (Å²) in [5.74, 6) is 0.480. The maximum absolute atomic E-state index is 10.7. The summed E-state index contributed by atoms with van der Waals surface area (Å²) in [6.45, 7) is 5.01. The van der Waals surface area contributed by atoms with Crippen LogP contribution in [0.2, 0.25) is 0 Å². The molecule has 1 heterocycles. The van der Waals surface area contributed by atoms with Gasteiger partial charge in [-0.25, -0.2) is 0 Å². The van der Waals surface area contributed by atoms with Crippen molar-refractivity contribution in [2.75, 3.05) is 6.61 Å². The molecule has 2 rings (SSSR count). The number of rotatable bonds is 4. The van der Waals surface area contributed by atoms with Crippen LogP contribution in [0.15, 0.2) is 30.3 Å². The second kappa shape index (κ2) is 5.85. The SMILES string of the molecule is CC(C)C1CC(O)(CCc2ccccc2)CCO1. The molecule has 0 aliphatic carbocycles. The highest BCUT2D eigenvalue weighted by Gasteiger charge is 2.35. The lowest BCUT2D eigenvalue weighted by Gasteiger charge is -2.38. The molecule has 0 spiro atoms. The molecule has 2 heteroatoms. The van der Waals surface area contributed by atoms with E-state index in [0.717, 1.165) is 25.7 Å². The average molecular weight is 248 g/mol. The van der Waals surface area contributed by atoms with Gasteiger partial charge in [0.25, 0.3) is 0 Å². The summed E-state index contributed by atoms with van der Waals surface area (Å²) in [6.07, 6.45) is 3.53. The van der Waals surface area contributed by atoms with Crippen LogP contribution in [0.25, 0.3) is 0 Å². The van der Waals surface area contributed by atoms with Crippen LogP contribution in [0.3, 0.4) is 0 Å². The first-order valence-electron chi connectivity index (χ1n) is 6.97. The number of hydrogen-bond acceptors (Lipinski definition) is 2. The van der Waals surface area contributed by atoms with Crippen LogP contribution in [-0.2, 0) is 11.2 Å². The molecule has 1 aliphatic rings. The molecule has 0 aromatic heterocycles. The van der Waals surface area contributed by atoms with E-state index in [4.69, 9.17) is 4.74 Å². The molecule has 1 N–H and O–H groups in total. The fourth-order valence-corrected chi connectivity index (χ4v) is 2.61. The van der Waals surface area contributed by atoms with Crippen LogP contribution < -0.4 is 0 Å². The van der Waals surface area contributed by atoms with E-state index in [0.29, 0.717) is 12.5 Å². The van der Waals surface area contributed by atoms with Crippen molar-refractivity contribution in [2.45, 2.75) is 51.2 Å². The van der Waals surface area contributed by atoms with Gasteiger partial charge in [0.1, 0.15) is 0 Å². The topological polar surface area (TPSA) is 29.5 Å². The van der Waals surface area contributed by atoms with Gasteiger partial charge in [-0.1, -0.05) is 44.2 Å². The summed E-state index contributed by atoms with van der Waals surface area (Å²) in [7, 11) is 0. The van der Waals surface area contributed by atoms with Crippen LogP contribution in [0.5, 0.6) is 0 Å². The zero-order valence-electron chi connectivity index (χ0n) is 11.4. The number of aryl methyl sites for hydroxylation is 1. The Kier molecular flexibility index (Phi) is 4.41. The quantitative estimate of drug-likeness (QED) is 0.886. The second-order valence-corrected chi connectivity index (χ2v) is 5.82. The number of benzene rings is 1. The van der Waals surface area contributed by atoms with Gasteiger partial charge in [0, 0.05) is 13.0 Å². The Morgan fingerprint density at radius 2 is 2.06 bits per heavy atom. The van der Waals surface area contributed by atoms with Crippen LogP contribution in [-0.4, -0.2) is 23.4 Å². The highest BCUT2D eigenvalue weighted by atomic mass is 16.5. The maximum atomic E-state index is 10.7. The summed E-state index contributed by atoms with van der Waals surface area (Å²) in [4.78, 5) is 0. The number of hydrogen-bond donors (Lipinski definition) is 1. The summed E-state index contributed by atoms with van der Waals surface area (Å²) in [5.41, 5.74) is 0.766. The van der Waals surface area contributed by atoms with Crippen molar-refractivity contribution in [1.82, 2.24) is 0 Å². The summed E-state index contributed by atoms with van der Waals surface area (Å²) in [5, 5.41) is 10.7. The summed E-state index contributed by atoms with van der Waals surface area (Å²) in [6, 6.07) is 10.4. The van der Waals surface area contributed by atoms with E-state index in [2.05, 4.69) is 38.1 Å². The molecule has 0 amide bonds. The fraction of sp³-hybridized carbons (Fsp3) is 0.625. The van der Waals surface area contributed by atoms with E-state index in [-0.39, 0.29) is 6.10 Å². The lowest BCUT2D eigenvalue weighted by Crippen LogP contribution is -2.43. The van der Waals surface area contributed by atoms with Crippen molar-refractivity contribution < 1.29 is 9.84 Å². The third kappa shape index (κ3) is 3.56. The van der Waals surface area contributed by atoms with Gasteiger partial charge in [0.15, 0.2) is 0 Å². The van der Waals surface area contributed by atoms with E-state index >= 15 is 0 Å². The first-order chi connectivity index (χ1) is 8.59. The third-order valence-corrected chi connectivity index (χ3v) is 3.95. The Morgan fingerprint density at radius 3 is 2.72 bits per heavy atom. The van der Waals surface area contributed by atoms with Crippen LogP contribution in [0, 0.1) is 5.92 Å². The average Bonchev–Trinajstić information content (AvgIpc) is 2.38. The predicted octanol–water partition coefficient (Wildman–Crippen LogP) is 3.19. The van der Waals surface area contributed by atoms with Crippen LogP contribution >= 0.6 is 0 Å². The molecule has 0 radical (unpaired) electrons. The van der Waals surface area contributed by atoms with Crippen molar-refractivity contribution in [3.8, 4) is 0 Å². The molecule has 1 aromatic carbocycles. The van der Waals surface area contributed by atoms with Gasteiger partial charge in [0.2, 0.25) is 0 Å². The summed E-state index contributed by atoms with van der Waals surface area (Å²) >= 11 is 0. The van der Waals surface area contributed by atoms with Gasteiger partial charge >= 0.3 is 0 Å². The minimum absolute atomic E-state index is 0.208. The Hall–Kier alpha value is -0.860. The largest absolute Gasteiger partial charge is 0.390 e. The molecular weight excluding hydrogens is 224 g/mol. The third-order valence-electron chi connectivity index (χ3n) is 3.95. The standard InChI is InChI=1S/C16H24O2/c1-13(2)15-12-16(17,10-11-18-15)9-8-14-6-4-3-5-7-14/h3-7,13,15,17H,8-12H2,1-2H3. The lowest BCUT2D eigenvalue weighted by molar-refractivity contribution is -0.119. The van der Waals surface area contributed by atoms with E-state index in [9.17, 15) is 5.11 Å². The van der Waals surface area contributed by atoms with Gasteiger partial charge in [-0.3, -0.25) is 0 Å². The van der Waals surface area contributed by atoms with Gasteiger partial charge in [0.05, 0.1) is 11.7 Å². The van der Waals surface area contributed by atoms with Gasteiger partial charge in [-0.15, -0.1) is 0 Å². The highest BCUT2D eigenvalue weighted by molar-refractivity contribution is 5.15. The fourth-order valence-electron chi connectivity index (χ4n) is 2.61. The first-order valence-corrected chi connectivity index (χ1v) is 6.97. The molecular formula is C16H24O2. The zero-order chi connectivity index (χ0) is 13.0. The Bertz CT molecular complexity index is 361. The molecule has 18 heavy (non-hydrogen) atoms.